The van der Waals surface area contributed by atoms with E-state index < -0.39 is 0 Å². The third-order valence-corrected chi connectivity index (χ3v) is 3.07. The lowest BCUT2D eigenvalue weighted by Gasteiger charge is -2.02. The predicted molar refractivity (Wildman–Crippen MR) is 71.5 cm³/mol. The van der Waals surface area contributed by atoms with E-state index in [-0.39, 0.29) is 5.82 Å². The van der Waals surface area contributed by atoms with Crippen molar-refractivity contribution in [3.63, 3.8) is 0 Å². The van der Waals surface area contributed by atoms with E-state index in [4.69, 9.17) is 0 Å². The number of nitrogens with one attached hydrogen (secondary N) is 1. The van der Waals surface area contributed by atoms with Gasteiger partial charge < -0.3 is 4.98 Å². The van der Waals surface area contributed by atoms with Crippen LogP contribution in [0.25, 0.3) is 11.2 Å². The first-order chi connectivity index (χ1) is 9.13. The van der Waals surface area contributed by atoms with E-state index in [1.54, 1.807) is 16.9 Å². The molecule has 0 spiro atoms. The van der Waals surface area contributed by atoms with Gasteiger partial charge in [-0.05, 0) is 17.7 Å². The minimum absolute atomic E-state index is 0.231. The first-order valence-corrected chi connectivity index (χ1v) is 6.29. The number of fused-ring (bicyclic) bond motifs is 1. The molecule has 0 unspecified atom stereocenters. The highest BCUT2D eigenvalue weighted by atomic mass is 19.1. The molecule has 3 rings (SSSR count). The largest absolute Gasteiger partial charge is 0.339 e. The molecule has 3 aromatic rings. The molecule has 2 heterocycles. The number of hydrogen-bond acceptors (Lipinski definition) is 2. The summed E-state index contributed by atoms with van der Waals surface area (Å²) in [5, 5.41) is 4.28. The highest BCUT2D eigenvalue weighted by molar-refractivity contribution is 5.70. The molecule has 0 aliphatic heterocycles. The van der Waals surface area contributed by atoms with E-state index in [1.807, 2.05) is 6.07 Å². The number of imidazole rings is 1. The third kappa shape index (κ3) is 2.23. The summed E-state index contributed by atoms with van der Waals surface area (Å²) >= 11 is 0. The Labute approximate surface area is 110 Å². The molecule has 19 heavy (non-hydrogen) atoms. The Hall–Kier alpha value is -2.17. The molecule has 1 aromatic carbocycles. The van der Waals surface area contributed by atoms with Crippen LogP contribution in [0.2, 0.25) is 0 Å². The maximum Gasteiger partial charge on any atom is 0.176 e. The molecular weight excluding hydrogens is 243 g/mol. The van der Waals surface area contributed by atoms with Crippen molar-refractivity contribution in [2.75, 3.05) is 0 Å². The maximum absolute atomic E-state index is 13.2. The second-order valence-corrected chi connectivity index (χ2v) is 4.95. The van der Waals surface area contributed by atoms with Crippen molar-refractivity contribution in [3.8, 4) is 0 Å². The van der Waals surface area contributed by atoms with Crippen molar-refractivity contribution < 1.29 is 4.39 Å². The van der Waals surface area contributed by atoms with Crippen LogP contribution >= 0.6 is 0 Å². The zero-order valence-corrected chi connectivity index (χ0v) is 10.9. The number of hydrogen-bond donors (Lipinski definition) is 1. The van der Waals surface area contributed by atoms with Crippen molar-refractivity contribution in [3.05, 3.63) is 47.7 Å². The maximum atomic E-state index is 13.2. The monoisotopic (exact) mass is 258 g/mol. The van der Waals surface area contributed by atoms with Crippen LogP contribution in [0.3, 0.4) is 0 Å². The first-order valence-electron chi connectivity index (χ1n) is 6.29. The van der Waals surface area contributed by atoms with Crippen molar-refractivity contribution in [1.29, 1.82) is 0 Å². The summed E-state index contributed by atoms with van der Waals surface area (Å²) in [5.41, 5.74) is 2.60. The molecule has 4 nitrogen and oxygen atoms in total. The zero-order chi connectivity index (χ0) is 13.4. The van der Waals surface area contributed by atoms with Gasteiger partial charge in [0.1, 0.15) is 17.2 Å². The van der Waals surface area contributed by atoms with Gasteiger partial charge in [0.05, 0.1) is 12.7 Å². The smallest absolute Gasteiger partial charge is 0.176 e. The first kappa shape index (κ1) is 11.9. The molecule has 0 radical (unpaired) electrons. The van der Waals surface area contributed by atoms with Crippen LogP contribution in [0.15, 0.2) is 30.5 Å². The quantitative estimate of drug-likeness (QED) is 0.784. The van der Waals surface area contributed by atoms with Gasteiger partial charge in [0.25, 0.3) is 0 Å². The highest BCUT2D eigenvalue weighted by Crippen LogP contribution is 2.17. The van der Waals surface area contributed by atoms with Gasteiger partial charge in [0, 0.05) is 5.92 Å². The van der Waals surface area contributed by atoms with Crippen molar-refractivity contribution >= 4 is 11.2 Å². The van der Waals surface area contributed by atoms with Crippen LogP contribution in [0.5, 0.6) is 0 Å². The van der Waals surface area contributed by atoms with Gasteiger partial charge in [-0.3, -0.25) is 0 Å². The van der Waals surface area contributed by atoms with E-state index in [0.29, 0.717) is 12.5 Å². The molecule has 0 bridgehead atoms. The number of aromatic nitrogens is 4. The van der Waals surface area contributed by atoms with Crippen molar-refractivity contribution in [1.82, 2.24) is 19.7 Å². The standard InChI is InChI=1S/C14H15FN4/c1-9(2)13-17-12-7-16-19(14(12)18-13)8-10-4-3-5-11(15)6-10/h3-7,9H,8H2,1-2H3,(H,17,18). The number of halogens is 1. The average molecular weight is 258 g/mol. The Kier molecular flexibility index (Phi) is 2.81. The fourth-order valence-corrected chi connectivity index (χ4v) is 2.06. The normalized spacial score (nSPS) is 11.6. The van der Waals surface area contributed by atoms with Crippen LogP contribution in [0.1, 0.15) is 31.2 Å². The van der Waals surface area contributed by atoms with Crippen molar-refractivity contribution in [2.24, 2.45) is 0 Å². The van der Waals surface area contributed by atoms with Gasteiger partial charge in [0.2, 0.25) is 0 Å². The van der Waals surface area contributed by atoms with E-state index >= 15 is 0 Å². The fraction of sp³-hybridized carbons (Fsp3) is 0.286. The van der Waals surface area contributed by atoms with E-state index in [0.717, 1.165) is 22.6 Å². The summed E-state index contributed by atoms with van der Waals surface area (Å²) in [6, 6.07) is 6.54. The second kappa shape index (κ2) is 4.50. The Morgan fingerprint density at radius 2 is 2.21 bits per heavy atom. The summed E-state index contributed by atoms with van der Waals surface area (Å²) in [5.74, 6) is 1.06. The van der Waals surface area contributed by atoms with E-state index in [9.17, 15) is 4.39 Å². The summed E-state index contributed by atoms with van der Waals surface area (Å²) in [6.07, 6.45) is 1.76. The lowest BCUT2D eigenvalue weighted by atomic mass is 10.2. The molecule has 2 aromatic heterocycles. The van der Waals surface area contributed by atoms with Gasteiger partial charge in [-0.1, -0.05) is 26.0 Å². The van der Waals surface area contributed by atoms with E-state index in [1.165, 1.54) is 12.1 Å². The number of benzene rings is 1. The highest BCUT2D eigenvalue weighted by Gasteiger charge is 2.11. The summed E-state index contributed by atoms with van der Waals surface area (Å²) in [6.45, 7) is 4.69. The molecule has 98 valence electrons. The van der Waals surface area contributed by atoms with Crippen molar-refractivity contribution in [2.45, 2.75) is 26.3 Å². The molecule has 1 N–H and O–H groups in total. The molecule has 0 aliphatic rings. The Balaban J connectivity index is 1.96. The minimum Gasteiger partial charge on any atom is -0.339 e. The Morgan fingerprint density at radius 3 is 2.95 bits per heavy atom. The lowest BCUT2D eigenvalue weighted by molar-refractivity contribution is 0.620. The number of nitrogens with zero attached hydrogens (tertiary/aromatic N) is 3. The van der Waals surface area contributed by atoms with Gasteiger partial charge in [0.15, 0.2) is 5.65 Å². The second-order valence-electron chi connectivity index (χ2n) is 4.95. The molecular formula is C14H15FN4. The van der Waals surface area contributed by atoms with Gasteiger partial charge in [-0.15, -0.1) is 0 Å². The lowest BCUT2D eigenvalue weighted by Crippen LogP contribution is -2.02. The number of rotatable bonds is 3. The topological polar surface area (TPSA) is 46.5 Å². The molecule has 0 atom stereocenters. The third-order valence-electron chi connectivity index (χ3n) is 3.07. The van der Waals surface area contributed by atoms with Gasteiger partial charge >= 0.3 is 0 Å². The van der Waals surface area contributed by atoms with E-state index in [2.05, 4.69) is 28.9 Å². The number of H-pyrrole nitrogens is 1. The molecule has 0 aliphatic carbocycles. The summed E-state index contributed by atoms with van der Waals surface area (Å²) in [4.78, 5) is 7.79. The van der Waals surface area contributed by atoms with Crippen LogP contribution in [-0.4, -0.2) is 19.7 Å². The fourth-order valence-electron chi connectivity index (χ4n) is 2.06. The Bertz CT molecular complexity index is 711. The SMILES string of the molecule is CC(C)c1nc2c(cnn2Cc2cccc(F)c2)[nH]1. The minimum atomic E-state index is -0.231. The molecule has 0 saturated carbocycles. The summed E-state index contributed by atoms with van der Waals surface area (Å²) in [7, 11) is 0. The van der Waals surface area contributed by atoms with Crippen LogP contribution in [-0.2, 0) is 6.54 Å². The van der Waals surface area contributed by atoms with Gasteiger partial charge in [-0.2, -0.15) is 5.10 Å². The van der Waals surface area contributed by atoms with Crippen LogP contribution in [0, 0.1) is 5.82 Å². The summed E-state index contributed by atoms with van der Waals surface area (Å²) < 4.78 is 15.0. The average Bonchev–Trinajstić information content (AvgIpc) is 2.91. The molecule has 0 fully saturated rings. The van der Waals surface area contributed by atoms with Gasteiger partial charge in [-0.25, -0.2) is 14.1 Å². The molecule has 5 heteroatoms. The Morgan fingerprint density at radius 1 is 1.37 bits per heavy atom. The number of aromatic amines is 1. The zero-order valence-electron chi connectivity index (χ0n) is 10.9. The van der Waals surface area contributed by atoms with Crippen LogP contribution in [0.4, 0.5) is 4.39 Å². The van der Waals surface area contributed by atoms with Crippen LogP contribution < -0.4 is 0 Å². The molecule has 0 saturated heterocycles. The predicted octanol–water partition coefficient (Wildman–Crippen LogP) is 3.07. The molecule has 0 amide bonds.